The average molecular weight is 313 g/mol. The number of aryl methyl sites for hydroxylation is 1. The second kappa shape index (κ2) is 5.66. The Labute approximate surface area is 132 Å². The van der Waals surface area contributed by atoms with E-state index in [1.165, 1.54) is 6.20 Å². The predicted molar refractivity (Wildman–Crippen MR) is 82.1 cm³/mol. The molecule has 4 heterocycles. The van der Waals surface area contributed by atoms with E-state index in [-0.39, 0.29) is 6.23 Å². The third-order valence-corrected chi connectivity index (χ3v) is 4.01. The van der Waals surface area contributed by atoms with Gasteiger partial charge in [0.25, 0.3) is 0 Å². The van der Waals surface area contributed by atoms with Crippen LogP contribution in [0.4, 0.5) is 4.39 Å². The molecule has 23 heavy (non-hydrogen) atoms. The first-order chi connectivity index (χ1) is 11.2. The number of nitrogens with zero attached hydrogens (tertiary/aromatic N) is 5. The van der Waals surface area contributed by atoms with Crippen LogP contribution in [-0.2, 0) is 4.74 Å². The van der Waals surface area contributed by atoms with E-state index in [0.717, 1.165) is 25.9 Å². The van der Waals surface area contributed by atoms with Crippen LogP contribution in [0.15, 0.2) is 24.7 Å². The Hall–Kier alpha value is -2.41. The van der Waals surface area contributed by atoms with Crippen molar-refractivity contribution in [2.24, 2.45) is 0 Å². The number of imidazole rings is 1. The van der Waals surface area contributed by atoms with Gasteiger partial charge in [-0.3, -0.25) is 4.57 Å². The van der Waals surface area contributed by atoms with Gasteiger partial charge >= 0.3 is 0 Å². The van der Waals surface area contributed by atoms with E-state index >= 15 is 0 Å². The molecular weight excluding hydrogens is 297 g/mol. The molecule has 4 rings (SSSR count). The number of hydrogen-bond acceptors (Lipinski definition) is 5. The lowest BCUT2D eigenvalue weighted by atomic mass is 10.1. The van der Waals surface area contributed by atoms with Gasteiger partial charge in [-0.05, 0) is 38.3 Å². The maximum atomic E-state index is 14.1. The Morgan fingerprint density at radius 2 is 2.17 bits per heavy atom. The Morgan fingerprint density at radius 1 is 1.26 bits per heavy atom. The molecule has 1 saturated heterocycles. The molecule has 0 radical (unpaired) electrons. The van der Waals surface area contributed by atoms with Gasteiger partial charge in [0.05, 0.1) is 11.9 Å². The van der Waals surface area contributed by atoms with E-state index in [9.17, 15) is 4.39 Å². The van der Waals surface area contributed by atoms with Crippen molar-refractivity contribution >= 4 is 11.2 Å². The number of ether oxygens (including phenoxy) is 1. The summed E-state index contributed by atoms with van der Waals surface area (Å²) in [5, 5.41) is 0. The smallest absolute Gasteiger partial charge is 0.222 e. The lowest BCUT2D eigenvalue weighted by molar-refractivity contribution is -0.0298. The highest BCUT2D eigenvalue weighted by molar-refractivity contribution is 5.87. The summed E-state index contributed by atoms with van der Waals surface area (Å²) >= 11 is 0. The van der Waals surface area contributed by atoms with Crippen molar-refractivity contribution in [2.75, 3.05) is 6.61 Å². The van der Waals surface area contributed by atoms with Gasteiger partial charge in [-0.2, -0.15) is 4.39 Å². The van der Waals surface area contributed by atoms with E-state index < -0.39 is 5.95 Å². The molecule has 0 aromatic carbocycles. The van der Waals surface area contributed by atoms with Crippen molar-refractivity contribution < 1.29 is 9.13 Å². The Balaban J connectivity index is 1.90. The van der Waals surface area contributed by atoms with Crippen molar-refractivity contribution in [1.82, 2.24) is 24.5 Å². The van der Waals surface area contributed by atoms with E-state index in [1.807, 2.05) is 4.57 Å². The Kier molecular flexibility index (Phi) is 3.49. The molecule has 3 aromatic heterocycles. The lowest BCUT2D eigenvalue weighted by Crippen LogP contribution is -2.17. The Morgan fingerprint density at radius 3 is 2.96 bits per heavy atom. The van der Waals surface area contributed by atoms with Crippen LogP contribution in [0.25, 0.3) is 22.4 Å². The summed E-state index contributed by atoms with van der Waals surface area (Å²) in [6, 6.07) is 3.34. The molecule has 1 fully saturated rings. The van der Waals surface area contributed by atoms with Gasteiger partial charge in [-0.1, -0.05) is 0 Å². The molecule has 0 aliphatic carbocycles. The molecule has 0 spiro atoms. The molecule has 0 bridgehead atoms. The molecule has 0 saturated carbocycles. The number of rotatable bonds is 2. The maximum absolute atomic E-state index is 14.1. The Bertz CT molecular complexity index is 857. The molecule has 1 atom stereocenters. The van der Waals surface area contributed by atoms with E-state index in [0.29, 0.717) is 28.2 Å². The molecule has 1 aliphatic heterocycles. The summed E-state index contributed by atoms with van der Waals surface area (Å²) in [5.74, 6) is 0.00341. The van der Waals surface area contributed by atoms with Gasteiger partial charge in [0.2, 0.25) is 5.95 Å². The highest BCUT2D eigenvalue weighted by Crippen LogP contribution is 2.30. The second-order valence-electron chi connectivity index (χ2n) is 5.61. The number of aromatic nitrogens is 5. The van der Waals surface area contributed by atoms with Gasteiger partial charge in [-0.25, -0.2) is 19.9 Å². The zero-order valence-corrected chi connectivity index (χ0v) is 12.7. The van der Waals surface area contributed by atoms with Crippen molar-refractivity contribution in [3.05, 3.63) is 36.4 Å². The summed E-state index contributed by atoms with van der Waals surface area (Å²) in [5.41, 5.74) is 2.03. The normalized spacial score (nSPS) is 18.4. The largest absolute Gasteiger partial charge is 0.358 e. The summed E-state index contributed by atoms with van der Waals surface area (Å²) in [4.78, 5) is 17.0. The molecule has 1 aliphatic rings. The third-order valence-electron chi connectivity index (χ3n) is 4.01. The van der Waals surface area contributed by atoms with Crippen LogP contribution in [0.5, 0.6) is 0 Å². The fraction of sp³-hybridized carbons (Fsp3) is 0.375. The van der Waals surface area contributed by atoms with Gasteiger partial charge < -0.3 is 4.74 Å². The van der Waals surface area contributed by atoms with Crippen LogP contribution in [0, 0.1) is 12.9 Å². The number of fused-ring (bicyclic) bond motifs is 1. The maximum Gasteiger partial charge on any atom is 0.222 e. The highest BCUT2D eigenvalue weighted by Gasteiger charge is 2.22. The molecule has 0 N–H and O–H groups in total. The van der Waals surface area contributed by atoms with Crippen LogP contribution in [0.3, 0.4) is 0 Å². The molecule has 0 amide bonds. The minimum absolute atomic E-state index is 0.0744. The van der Waals surface area contributed by atoms with Gasteiger partial charge in [0.1, 0.15) is 23.3 Å². The van der Waals surface area contributed by atoms with Gasteiger partial charge in [0.15, 0.2) is 5.65 Å². The van der Waals surface area contributed by atoms with Crippen molar-refractivity contribution in [1.29, 1.82) is 0 Å². The molecular formula is C16H16FN5O. The van der Waals surface area contributed by atoms with Crippen LogP contribution >= 0.6 is 0 Å². The highest BCUT2D eigenvalue weighted by atomic mass is 19.1. The third kappa shape index (κ3) is 2.46. The van der Waals surface area contributed by atoms with Crippen molar-refractivity contribution in [3.8, 4) is 11.3 Å². The van der Waals surface area contributed by atoms with Crippen LogP contribution < -0.4 is 0 Å². The molecule has 6 nitrogen and oxygen atoms in total. The molecule has 7 heteroatoms. The fourth-order valence-electron chi connectivity index (χ4n) is 2.93. The van der Waals surface area contributed by atoms with Crippen LogP contribution in [0.2, 0.25) is 0 Å². The van der Waals surface area contributed by atoms with Crippen molar-refractivity contribution in [3.63, 3.8) is 0 Å². The number of hydrogen-bond donors (Lipinski definition) is 0. The summed E-state index contributed by atoms with van der Waals surface area (Å²) in [6.45, 7) is 2.52. The summed E-state index contributed by atoms with van der Waals surface area (Å²) in [7, 11) is 0. The standard InChI is InChI=1S/C16H16FN5O/c1-10-20-13(11-5-4-7-18-15(11)17)14-16(21-10)22(9-19-14)12-6-2-3-8-23-12/h4-5,7,9,12H,2-3,6,8H2,1H3. The molecule has 1 unspecified atom stereocenters. The SMILES string of the molecule is Cc1nc(-c2cccnc2F)c2ncn(C3CCCCO3)c2n1. The first kappa shape index (κ1) is 14.2. The topological polar surface area (TPSA) is 65.7 Å². The fourth-order valence-corrected chi connectivity index (χ4v) is 2.93. The lowest BCUT2D eigenvalue weighted by Gasteiger charge is -2.23. The predicted octanol–water partition coefficient (Wildman–Crippen LogP) is 3.03. The molecule has 3 aromatic rings. The zero-order valence-electron chi connectivity index (χ0n) is 12.7. The van der Waals surface area contributed by atoms with E-state index in [4.69, 9.17) is 4.74 Å². The monoisotopic (exact) mass is 313 g/mol. The first-order valence-electron chi connectivity index (χ1n) is 7.67. The van der Waals surface area contributed by atoms with Crippen molar-refractivity contribution in [2.45, 2.75) is 32.4 Å². The first-order valence-corrected chi connectivity index (χ1v) is 7.67. The van der Waals surface area contributed by atoms with Gasteiger partial charge in [-0.15, -0.1) is 0 Å². The summed E-state index contributed by atoms with van der Waals surface area (Å²) < 4.78 is 21.8. The van der Waals surface area contributed by atoms with Crippen LogP contribution in [0.1, 0.15) is 31.3 Å². The number of pyridine rings is 1. The zero-order chi connectivity index (χ0) is 15.8. The summed E-state index contributed by atoms with van der Waals surface area (Å²) in [6.07, 6.45) is 6.15. The minimum Gasteiger partial charge on any atom is -0.358 e. The molecule has 118 valence electrons. The van der Waals surface area contributed by atoms with E-state index in [1.54, 1.807) is 25.4 Å². The second-order valence-corrected chi connectivity index (χ2v) is 5.61. The number of halogens is 1. The van der Waals surface area contributed by atoms with Gasteiger partial charge in [0, 0.05) is 12.8 Å². The quantitative estimate of drug-likeness (QED) is 0.680. The van der Waals surface area contributed by atoms with E-state index in [2.05, 4.69) is 19.9 Å². The average Bonchev–Trinajstić information content (AvgIpc) is 2.99. The van der Waals surface area contributed by atoms with Crippen LogP contribution in [-0.4, -0.2) is 31.1 Å². The minimum atomic E-state index is -0.560.